The van der Waals surface area contributed by atoms with Crippen molar-refractivity contribution in [2.24, 2.45) is 0 Å². The maximum Gasteiger partial charge on any atom is 0.174 e. The minimum atomic E-state index is 0.308. The van der Waals surface area contributed by atoms with Gasteiger partial charge in [-0.1, -0.05) is 36.0 Å². The van der Waals surface area contributed by atoms with Gasteiger partial charge in [-0.2, -0.15) is 4.37 Å². The van der Waals surface area contributed by atoms with Crippen LogP contribution >= 0.6 is 23.3 Å². The molecule has 1 N–H and O–H groups in total. The minimum absolute atomic E-state index is 0.308. The Morgan fingerprint density at radius 1 is 1.06 bits per heavy atom. The van der Waals surface area contributed by atoms with Gasteiger partial charge in [-0.25, -0.2) is 4.98 Å². The Hall–Kier alpha value is -1.59. The molecule has 17 heavy (non-hydrogen) atoms. The van der Waals surface area contributed by atoms with Crippen LogP contribution in [-0.2, 0) is 0 Å². The van der Waals surface area contributed by atoms with Gasteiger partial charge < -0.3 is 5.11 Å². The van der Waals surface area contributed by atoms with Crippen LogP contribution in [0.25, 0.3) is 10.8 Å². The number of hydrogen-bond donors (Lipinski definition) is 1. The number of fused-ring (bicyclic) bond motifs is 1. The molecule has 0 aliphatic rings. The van der Waals surface area contributed by atoms with E-state index in [1.54, 1.807) is 24.2 Å². The maximum atomic E-state index is 9.79. The number of aromatic nitrogens is 2. The molecule has 0 spiro atoms. The van der Waals surface area contributed by atoms with Crippen molar-refractivity contribution < 1.29 is 5.11 Å². The van der Waals surface area contributed by atoms with Crippen molar-refractivity contribution >= 4 is 34.1 Å². The van der Waals surface area contributed by atoms with Crippen molar-refractivity contribution in [3.63, 3.8) is 0 Å². The van der Waals surface area contributed by atoms with Crippen molar-refractivity contribution in [3.8, 4) is 5.75 Å². The van der Waals surface area contributed by atoms with Crippen LogP contribution in [-0.4, -0.2) is 14.5 Å². The molecule has 0 aliphatic carbocycles. The Morgan fingerprint density at radius 2 is 1.88 bits per heavy atom. The molecule has 5 heteroatoms. The monoisotopic (exact) mass is 260 g/mol. The summed E-state index contributed by atoms with van der Waals surface area (Å²) in [5.41, 5.74) is 0. The molecule has 0 bridgehead atoms. The second-order valence-corrected chi connectivity index (χ2v) is 5.51. The fourth-order valence-corrected chi connectivity index (χ4v) is 3.18. The van der Waals surface area contributed by atoms with Gasteiger partial charge in [-0.05, 0) is 29.1 Å². The van der Waals surface area contributed by atoms with Gasteiger partial charge in [0.25, 0.3) is 0 Å². The zero-order valence-corrected chi connectivity index (χ0v) is 10.3. The SMILES string of the molecule is Oc1ccc(Sc2ncns2)c2ccccc12. The van der Waals surface area contributed by atoms with E-state index in [0.29, 0.717) is 5.75 Å². The molecule has 3 nitrogen and oxygen atoms in total. The average Bonchev–Trinajstić information content (AvgIpc) is 2.86. The molecule has 0 atom stereocenters. The molecule has 0 aliphatic heterocycles. The summed E-state index contributed by atoms with van der Waals surface area (Å²) in [5, 5.41) is 11.7. The molecule has 1 heterocycles. The lowest BCUT2D eigenvalue weighted by Crippen LogP contribution is -1.78. The van der Waals surface area contributed by atoms with Crippen LogP contribution in [0.3, 0.4) is 0 Å². The Kier molecular flexibility index (Phi) is 2.70. The number of rotatable bonds is 2. The number of benzene rings is 2. The predicted molar refractivity (Wildman–Crippen MR) is 69.6 cm³/mol. The fourth-order valence-electron chi connectivity index (χ4n) is 1.65. The highest BCUT2D eigenvalue weighted by Crippen LogP contribution is 2.36. The molecule has 3 aromatic rings. The van der Waals surface area contributed by atoms with Crippen LogP contribution in [0, 0.1) is 0 Å². The third-order valence-electron chi connectivity index (χ3n) is 2.40. The first-order valence-electron chi connectivity index (χ1n) is 5.00. The topological polar surface area (TPSA) is 46.0 Å². The van der Waals surface area contributed by atoms with Gasteiger partial charge in [0.15, 0.2) is 4.34 Å². The van der Waals surface area contributed by atoms with Crippen molar-refractivity contribution in [1.82, 2.24) is 9.36 Å². The highest BCUT2D eigenvalue weighted by atomic mass is 32.2. The number of hydrogen-bond acceptors (Lipinski definition) is 5. The second kappa shape index (κ2) is 4.35. The van der Waals surface area contributed by atoms with Gasteiger partial charge >= 0.3 is 0 Å². The molecule has 0 fully saturated rings. The zero-order valence-electron chi connectivity index (χ0n) is 8.70. The molecule has 2 aromatic carbocycles. The van der Waals surface area contributed by atoms with Crippen LogP contribution in [0.2, 0.25) is 0 Å². The Labute approximate surface area is 106 Å². The molecular formula is C12H8N2OS2. The van der Waals surface area contributed by atoms with Gasteiger partial charge in [-0.3, -0.25) is 0 Å². The lowest BCUT2D eigenvalue weighted by atomic mass is 10.1. The van der Waals surface area contributed by atoms with Gasteiger partial charge in [0, 0.05) is 10.3 Å². The highest BCUT2D eigenvalue weighted by molar-refractivity contribution is 8.01. The molecule has 1 aromatic heterocycles. The van der Waals surface area contributed by atoms with Crippen LogP contribution in [0.5, 0.6) is 5.75 Å². The number of nitrogens with zero attached hydrogens (tertiary/aromatic N) is 2. The molecule has 3 rings (SSSR count). The fraction of sp³-hybridized carbons (Fsp3) is 0. The first-order valence-corrected chi connectivity index (χ1v) is 6.59. The first-order chi connectivity index (χ1) is 8.34. The van der Waals surface area contributed by atoms with E-state index < -0.39 is 0 Å². The molecule has 84 valence electrons. The highest BCUT2D eigenvalue weighted by Gasteiger charge is 2.07. The largest absolute Gasteiger partial charge is 0.507 e. The maximum absolute atomic E-state index is 9.79. The molecule has 0 saturated carbocycles. The van der Waals surface area contributed by atoms with Crippen molar-refractivity contribution in [3.05, 3.63) is 42.7 Å². The van der Waals surface area contributed by atoms with Gasteiger partial charge in [0.2, 0.25) is 0 Å². The van der Waals surface area contributed by atoms with Crippen LogP contribution < -0.4 is 0 Å². The Balaban J connectivity index is 2.14. The third-order valence-corrected chi connectivity index (χ3v) is 4.19. The van der Waals surface area contributed by atoms with Crippen LogP contribution in [0.1, 0.15) is 0 Å². The number of phenolic OH excluding ortho intramolecular Hbond substituents is 1. The smallest absolute Gasteiger partial charge is 0.174 e. The van der Waals surface area contributed by atoms with E-state index in [1.807, 2.05) is 30.3 Å². The van der Waals surface area contributed by atoms with E-state index in [2.05, 4.69) is 9.36 Å². The number of aromatic hydroxyl groups is 1. The Morgan fingerprint density at radius 3 is 2.65 bits per heavy atom. The zero-order chi connectivity index (χ0) is 11.7. The van der Waals surface area contributed by atoms with Crippen molar-refractivity contribution in [2.75, 3.05) is 0 Å². The summed E-state index contributed by atoms with van der Waals surface area (Å²) >= 11 is 2.94. The summed E-state index contributed by atoms with van der Waals surface area (Å²) in [7, 11) is 0. The van der Waals surface area contributed by atoms with E-state index in [4.69, 9.17) is 0 Å². The normalized spacial score (nSPS) is 10.8. The van der Waals surface area contributed by atoms with E-state index in [0.717, 1.165) is 20.0 Å². The summed E-state index contributed by atoms with van der Waals surface area (Å²) in [6.07, 6.45) is 1.55. The van der Waals surface area contributed by atoms with Crippen LogP contribution in [0.15, 0.2) is 52.0 Å². The standard InChI is InChI=1S/C12H8N2OS2/c15-10-5-6-11(16-12-13-7-14-17-12)9-4-2-1-3-8(9)10/h1-7,15H. The van der Waals surface area contributed by atoms with E-state index in [-0.39, 0.29) is 0 Å². The van der Waals surface area contributed by atoms with E-state index in [1.165, 1.54) is 11.5 Å². The van der Waals surface area contributed by atoms with Gasteiger partial charge in [0.1, 0.15) is 12.1 Å². The first kappa shape index (κ1) is 10.6. The lowest BCUT2D eigenvalue weighted by molar-refractivity contribution is 0.481. The quantitative estimate of drug-likeness (QED) is 0.765. The molecule has 0 unspecified atom stereocenters. The van der Waals surface area contributed by atoms with Crippen molar-refractivity contribution in [2.45, 2.75) is 9.24 Å². The van der Waals surface area contributed by atoms with Gasteiger partial charge in [-0.15, -0.1) is 0 Å². The number of phenols is 1. The predicted octanol–water partition coefficient (Wildman–Crippen LogP) is 3.55. The molecule has 0 saturated heterocycles. The van der Waals surface area contributed by atoms with Crippen LogP contribution in [0.4, 0.5) is 0 Å². The Bertz CT molecular complexity index is 653. The third kappa shape index (κ3) is 1.99. The molecular weight excluding hydrogens is 252 g/mol. The average molecular weight is 260 g/mol. The summed E-state index contributed by atoms with van der Waals surface area (Å²) < 4.78 is 4.88. The van der Waals surface area contributed by atoms with E-state index in [9.17, 15) is 5.11 Å². The summed E-state index contributed by atoms with van der Waals surface area (Å²) in [4.78, 5) is 5.23. The summed E-state index contributed by atoms with van der Waals surface area (Å²) in [6.45, 7) is 0. The molecule has 0 amide bonds. The van der Waals surface area contributed by atoms with E-state index >= 15 is 0 Å². The van der Waals surface area contributed by atoms with Gasteiger partial charge in [0.05, 0.1) is 0 Å². The summed E-state index contributed by atoms with van der Waals surface area (Å²) in [5.74, 6) is 0.308. The molecule has 0 radical (unpaired) electrons. The minimum Gasteiger partial charge on any atom is -0.507 e. The second-order valence-electron chi connectivity index (χ2n) is 3.44. The van der Waals surface area contributed by atoms with Crippen molar-refractivity contribution in [1.29, 1.82) is 0 Å². The lowest BCUT2D eigenvalue weighted by Gasteiger charge is -2.05. The summed E-state index contributed by atoms with van der Waals surface area (Å²) in [6, 6.07) is 11.4.